The molecule has 9 rings (SSSR count). The van der Waals surface area contributed by atoms with Crippen LogP contribution in [0.2, 0.25) is 0 Å². The molecule has 2 aromatic heterocycles. The Hall–Kier alpha value is -11.2. The zero-order chi connectivity index (χ0) is 70.6. The van der Waals surface area contributed by atoms with Gasteiger partial charge in [0.15, 0.2) is 11.5 Å². The Labute approximate surface area is 558 Å². The molecule has 16 N–H and O–H groups in total. The van der Waals surface area contributed by atoms with Crippen LogP contribution in [0.15, 0.2) is 137 Å². The maximum atomic E-state index is 12.8. The highest BCUT2D eigenvalue weighted by Crippen LogP contribution is 2.50. The Morgan fingerprint density at radius 3 is 1.09 bits per heavy atom. The van der Waals surface area contributed by atoms with Crippen molar-refractivity contribution in [2.45, 2.75) is 59.1 Å². The molecule has 0 atom stereocenters. The first kappa shape index (κ1) is 71.1. The van der Waals surface area contributed by atoms with Gasteiger partial charge in [-0.2, -0.15) is 57.0 Å². The van der Waals surface area contributed by atoms with Crippen LogP contribution in [0.5, 0.6) is 11.5 Å². The number of carbonyl (C=O) groups is 4. The second-order valence-corrected chi connectivity index (χ2v) is 24.4. The fourth-order valence-electron chi connectivity index (χ4n) is 8.91. The molecule has 7 aromatic carbocycles. The number of fused-ring (bicyclic) bond motifs is 2. The minimum Gasteiger partial charge on any atom is -0.505 e. The van der Waals surface area contributed by atoms with Gasteiger partial charge in [-0.25, -0.2) is 29.7 Å². The van der Waals surface area contributed by atoms with Crippen LogP contribution in [0.1, 0.15) is 81.0 Å². The van der Waals surface area contributed by atoms with Gasteiger partial charge in [0.1, 0.15) is 11.4 Å². The van der Waals surface area contributed by atoms with E-state index in [1.54, 1.807) is 24.3 Å². The Morgan fingerprint density at radius 1 is 0.459 bits per heavy atom. The van der Waals surface area contributed by atoms with Crippen LogP contribution in [0.4, 0.5) is 81.2 Å². The molecular formula is C56H50N16O22S4. The van der Waals surface area contributed by atoms with Gasteiger partial charge in [0.2, 0.25) is 35.7 Å². The van der Waals surface area contributed by atoms with Crippen molar-refractivity contribution in [3.05, 3.63) is 119 Å². The van der Waals surface area contributed by atoms with Gasteiger partial charge in [0, 0.05) is 35.2 Å². The second-order valence-electron chi connectivity index (χ2n) is 20.1. The number of hydrogen-bond donors (Lipinski definition) is 16. The van der Waals surface area contributed by atoms with Gasteiger partial charge in [-0.15, -0.1) is 18.9 Å². The standard InChI is InChI=1S/C56H50N16O22S4/c1-3-5-11-57-51-63-53(67-55(65-51)61-37-23-35(97(85,86)87)19-25-21-39(95-93-91-83)43(45(73)41(25)37)71-69-33-15-27(47(75)76)13-28(16-33)48(77)78)59-31-7-9-32(10-8-31)60-54-64-52(58-12-6-4-2)66-56(68-54)62-38-24-36(98(88,89)90)20-26-22-40(96-94-92-84)44(46(74)42(26)38)72-70-34-17-29(49(79)80)14-30(18-34)50(81)82/h7-10,13-24,73-74,83-84H,3-6,11-12H2,1-2H3,(H,75,76)(H,77,78)(H,79,80)(H,81,82)(H,85,86,87)(H,88,89,90)(H3,57,59,61,63,65,67)(H3,58,60,62,64,66,68). The molecule has 0 radical (unpaired) electrons. The van der Waals surface area contributed by atoms with E-state index in [1.165, 1.54) is 12.1 Å². The summed E-state index contributed by atoms with van der Waals surface area (Å²) in [6.07, 6.45) is 2.82. The van der Waals surface area contributed by atoms with Crippen molar-refractivity contribution in [1.82, 2.24) is 29.9 Å². The van der Waals surface area contributed by atoms with E-state index < -0.39 is 99.0 Å². The summed E-state index contributed by atoms with van der Waals surface area (Å²) in [6, 6.07) is 18.1. The molecule has 0 spiro atoms. The van der Waals surface area contributed by atoms with E-state index in [-0.39, 0.29) is 114 Å². The number of phenolic OH excluding ortho intramolecular Hbond substituents is 2. The van der Waals surface area contributed by atoms with Gasteiger partial charge in [0.05, 0.1) is 88.7 Å². The van der Waals surface area contributed by atoms with Crippen LogP contribution >= 0.6 is 24.1 Å². The molecule has 0 amide bonds. The van der Waals surface area contributed by atoms with E-state index >= 15 is 0 Å². The monoisotopic (exact) mass is 1430 g/mol. The molecule has 0 aliphatic heterocycles. The van der Waals surface area contributed by atoms with E-state index in [9.17, 15) is 75.8 Å². The minimum absolute atomic E-state index is 0.0129. The number of aromatic nitrogens is 6. The van der Waals surface area contributed by atoms with Crippen molar-refractivity contribution in [2.24, 2.45) is 20.5 Å². The third-order valence-electron chi connectivity index (χ3n) is 13.3. The van der Waals surface area contributed by atoms with Crippen molar-refractivity contribution in [3.63, 3.8) is 0 Å². The largest absolute Gasteiger partial charge is 0.505 e. The van der Waals surface area contributed by atoms with Crippen LogP contribution in [-0.2, 0) is 39.0 Å². The molecule has 0 unspecified atom stereocenters. The number of azo groups is 2. The Morgan fingerprint density at radius 2 is 0.786 bits per heavy atom. The van der Waals surface area contributed by atoms with E-state index in [0.29, 0.717) is 37.3 Å². The van der Waals surface area contributed by atoms with Crippen LogP contribution < -0.4 is 31.9 Å². The van der Waals surface area contributed by atoms with Crippen molar-refractivity contribution < 1.29 is 105 Å². The Balaban J connectivity index is 1.06. The number of nitrogens with zero attached hydrogens (tertiary/aromatic N) is 10. The quantitative estimate of drug-likeness (QED) is 0.00465. The Kier molecular flexibility index (Phi) is 22.6. The predicted molar refractivity (Wildman–Crippen MR) is 347 cm³/mol. The summed E-state index contributed by atoms with van der Waals surface area (Å²) in [4.78, 5) is 72.4. The molecule has 2 heterocycles. The number of carboxylic acids is 4. The minimum atomic E-state index is -5.02. The SMILES string of the molecule is CCCCNc1nc(Nc2ccc(Nc3nc(NCCCC)nc(Nc4cc(S(=O)(=O)O)cc5cc(SOOO)c(N=Nc6cc(C(=O)O)cc(C(=O)O)c6)c(O)c45)n3)cc2)nc(Nc2cc(S(=O)(=O)O)cc3cc(SOOO)c(N=Nc4cc(C(=O)O)cc(C(=O)O)c4)c(O)c23)n1. The lowest BCUT2D eigenvalue weighted by molar-refractivity contribution is -0.432. The molecule has 98 heavy (non-hydrogen) atoms. The highest BCUT2D eigenvalue weighted by atomic mass is 32.2. The third kappa shape index (κ3) is 17.8. The fraction of sp³-hybridized carbons (Fsp3) is 0.143. The number of unbranched alkanes of at least 4 members (excludes halogenated alkanes) is 2. The van der Waals surface area contributed by atoms with Crippen LogP contribution in [-0.4, -0.2) is 134 Å². The summed E-state index contributed by atoms with van der Waals surface area (Å²) in [5.74, 6) is -8.40. The third-order valence-corrected chi connectivity index (χ3v) is 16.2. The molecule has 0 fully saturated rings. The number of aromatic hydroxyl groups is 2. The number of carboxylic acid groups (broad SMARTS) is 4. The summed E-state index contributed by atoms with van der Waals surface area (Å²) >= 11 is 0.476. The van der Waals surface area contributed by atoms with Crippen molar-refractivity contribution in [3.8, 4) is 11.5 Å². The maximum absolute atomic E-state index is 12.8. The fourth-order valence-corrected chi connectivity index (χ4v) is 11.0. The number of phenols is 2. The Bertz CT molecular complexity index is 4540. The summed E-state index contributed by atoms with van der Waals surface area (Å²) in [5, 5.41) is 121. The molecule has 0 saturated heterocycles. The molecular weight excluding hydrogens is 1380 g/mol. The first-order chi connectivity index (χ1) is 46.7. The molecule has 510 valence electrons. The molecule has 9 aromatic rings. The van der Waals surface area contributed by atoms with Gasteiger partial charge in [-0.1, -0.05) is 36.8 Å². The smallest absolute Gasteiger partial charge is 0.335 e. The van der Waals surface area contributed by atoms with Crippen molar-refractivity contribution in [2.75, 3.05) is 45.0 Å². The first-order valence-electron chi connectivity index (χ1n) is 27.9. The molecule has 0 aliphatic carbocycles. The van der Waals surface area contributed by atoms with Crippen LogP contribution in [0.3, 0.4) is 0 Å². The lowest BCUT2D eigenvalue weighted by Crippen LogP contribution is -2.11. The molecule has 38 nitrogen and oxygen atoms in total. The lowest BCUT2D eigenvalue weighted by atomic mass is 10.1. The summed E-state index contributed by atoms with van der Waals surface area (Å²) < 4.78 is 80.9. The number of nitrogens with one attached hydrogen (secondary N) is 6. The predicted octanol–water partition coefficient (Wildman–Crippen LogP) is 12.1. The second kappa shape index (κ2) is 31.1. The maximum Gasteiger partial charge on any atom is 0.335 e. The molecule has 42 heteroatoms. The molecule has 0 bridgehead atoms. The zero-order valence-electron chi connectivity index (χ0n) is 50.0. The van der Waals surface area contributed by atoms with E-state index in [4.69, 9.17) is 10.5 Å². The lowest BCUT2D eigenvalue weighted by Gasteiger charge is -2.16. The average Bonchev–Trinajstić information content (AvgIpc) is 0.762. The van der Waals surface area contributed by atoms with Gasteiger partial charge < -0.3 is 62.5 Å². The number of anilines is 10. The normalized spacial score (nSPS) is 11.7. The number of rotatable bonds is 32. The van der Waals surface area contributed by atoms with E-state index in [1.807, 2.05) is 13.8 Å². The zero-order valence-corrected chi connectivity index (χ0v) is 53.2. The van der Waals surface area contributed by atoms with Crippen LogP contribution in [0, 0.1) is 0 Å². The van der Waals surface area contributed by atoms with Crippen LogP contribution in [0.25, 0.3) is 21.5 Å². The topological polar surface area (TPSA) is 575 Å². The van der Waals surface area contributed by atoms with Gasteiger partial charge in [-0.05, 0) is 121 Å². The number of benzene rings is 7. The van der Waals surface area contributed by atoms with E-state index in [0.717, 1.165) is 73.5 Å². The molecule has 0 saturated carbocycles. The summed E-state index contributed by atoms with van der Waals surface area (Å²) in [5.41, 5.74) is -3.32. The van der Waals surface area contributed by atoms with E-state index in [2.05, 4.69) is 101 Å². The first-order valence-corrected chi connectivity index (χ1v) is 32.3. The highest BCUT2D eigenvalue weighted by Gasteiger charge is 2.26. The molecule has 0 aliphatic rings. The van der Waals surface area contributed by atoms with Crippen molar-refractivity contribution >= 4 is 171 Å². The number of aromatic carboxylic acids is 4. The van der Waals surface area contributed by atoms with Gasteiger partial charge in [-0.3, -0.25) is 9.11 Å². The summed E-state index contributed by atoms with van der Waals surface area (Å²) in [7, 11) is -10.0. The highest BCUT2D eigenvalue weighted by molar-refractivity contribution is 7.95. The van der Waals surface area contributed by atoms with Gasteiger partial charge in [0.25, 0.3) is 20.2 Å². The van der Waals surface area contributed by atoms with Gasteiger partial charge >= 0.3 is 23.9 Å². The number of hydrogen-bond acceptors (Lipinski definition) is 34. The average molecular weight is 1430 g/mol. The van der Waals surface area contributed by atoms with Crippen molar-refractivity contribution in [1.29, 1.82) is 0 Å². The summed E-state index contributed by atoms with van der Waals surface area (Å²) in [6.45, 7) is 4.60.